The number of para-hydroxylation sites is 1. The van der Waals surface area contributed by atoms with Gasteiger partial charge >= 0.3 is 0 Å². The van der Waals surface area contributed by atoms with Gasteiger partial charge in [-0.2, -0.15) is 0 Å². The van der Waals surface area contributed by atoms with E-state index in [1.807, 2.05) is 6.92 Å². The van der Waals surface area contributed by atoms with Crippen molar-refractivity contribution in [2.24, 2.45) is 0 Å². The lowest BCUT2D eigenvalue weighted by atomic mass is 9.99. The first kappa shape index (κ1) is 14.3. The van der Waals surface area contributed by atoms with Gasteiger partial charge in [0.05, 0.1) is 10.5 Å². The zero-order valence-electron chi connectivity index (χ0n) is 11.7. The zero-order chi connectivity index (χ0) is 14.8. The standard InChI is InChI=1S/C14H19N3O3/c1-14(8-3-4-9-14)16-13(18)10-6-5-7-11(17(19)20)12(10)15-2/h5-7,15H,3-4,8-9H2,1-2H3,(H,16,18). The van der Waals surface area contributed by atoms with Crippen LogP contribution in [0.25, 0.3) is 0 Å². The Morgan fingerprint density at radius 1 is 1.35 bits per heavy atom. The summed E-state index contributed by atoms with van der Waals surface area (Å²) in [5, 5.41) is 16.8. The number of hydrogen-bond acceptors (Lipinski definition) is 4. The fourth-order valence-corrected chi connectivity index (χ4v) is 2.77. The number of anilines is 1. The van der Waals surface area contributed by atoms with Gasteiger partial charge in [0.25, 0.3) is 11.6 Å². The molecule has 20 heavy (non-hydrogen) atoms. The second-order valence-corrected chi connectivity index (χ2v) is 5.43. The summed E-state index contributed by atoms with van der Waals surface area (Å²) in [4.78, 5) is 22.9. The number of nitrogens with zero attached hydrogens (tertiary/aromatic N) is 1. The Hall–Kier alpha value is -2.11. The normalized spacial score (nSPS) is 16.7. The Balaban J connectivity index is 2.30. The largest absolute Gasteiger partial charge is 0.382 e. The number of carbonyl (C=O) groups is 1. The van der Waals surface area contributed by atoms with Crippen molar-refractivity contribution < 1.29 is 9.72 Å². The first-order valence-corrected chi connectivity index (χ1v) is 6.74. The summed E-state index contributed by atoms with van der Waals surface area (Å²) < 4.78 is 0. The van der Waals surface area contributed by atoms with Crippen molar-refractivity contribution in [2.75, 3.05) is 12.4 Å². The van der Waals surface area contributed by atoms with Crippen LogP contribution in [0.4, 0.5) is 11.4 Å². The molecule has 6 nitrogen and oxygen atoms in total. The highest BCUT2D eigenvalue weighted by Crippen LogP contribution is 2.31. The Kier molecular flexibility index (Phi) is 3.92. The Labute approximate surface area is 117 Å². The van der Waals surface area contributed by atoms with Crippen LogP contribution in [0.1, 0.15) is 43.0 Å². The molecule has 0 aliphatic heterocycles. The van der Waals surface area contributed by atoms with Gasteiger partial charge in [0, 0.05) is 18.7 Å². The third kappa shape index (κ3) is 2.74. The topological polar surface area (TPSA) is 84.3 Å². The van der Waals surface area contributed by atoms with Crippen LogP contribution in [0.3, 0.4) is 0 Å². The minimum atomic E-state index is -0.486. The summed E-state index contributed by atoms with van der Waals surface area (Å²) in [5.41, 5.74) is 0.287. The van der Waals surface area contributed by atoms with Gasteiger partial charge in [-0.05, 0) is 25.8 Å². The Morgan fingerprint density at radius 3 is 2.55 bits per heavy atom. The van der Waals surface area contributed by atoms with Crippen molar-refractivity contribution in [3.05, 3.63) is 33.9 Å². The lowest BCUT2D eigenvalue weighted by Gasteiger charge is -2.25. The van der Waals surface area contributed by atoms with E-state index in [9.17, 15) is 14.9 Å². The van der Waals surface area contributed by atoms with Gasteiger partial charge in [-0.15, -0.1) is 0 Å². The van der Waals surface area contributed by atoms with Crippen LogP contribution in [-0.2, 0) is 0 Å². The first-order chi connectivity index (χ1) is 9.47. The molecular weight excluding hydrogens is 258 g/mol. The van der Waals surface area contributed by atoms with E-state index in [1.54, 1.807) is 13.1 Å². The number of nitro benzene ring substituents is 1. The average Bonchev–Trinajstić information content (AvgIpc) is 2.83. The van der Waals surface area contributed by atoms with Crippen molar-refractivity contribution in [1.29, 1.82) is 0 Å². The SMILES string of the molecule is CNc1c(C(=O)NC2(C)CCCC2)cccc1[N+](=O)[O-]. The molecule has 1 amide bonds. The third-order valence-corrected chi connectivity index (χ3v) is 3.86. The lowest BCUT2D eigenvalue weighted by Crippen LogP contribution is -2.43. The molecule has 0 radical (unpaired) electrons. The van der Waals surface area contributed by atoms with E-state index < -0.39 is 4.92 Å². The number of hydrogen-bond donors (Lipinski definition) is 2. The smallest absolute Gasteiger partial charge is 0.293 e. The quantitative estimate of drug-likeness (QED) is 0.654. The van der Waals surface area contributed by atoms with Gasteiger partial charge in [0.15, 0.2) is 0 Å². The van der Waals surface area contributed by atoms with Gasteiger partial charge in [-0.1, -0.05) is 18.9 Å². The van der Waals surface area contributed by atoms with Gasteiger partial charge in [-0.3, -0.25) is 14.9 Å². The summed E-state index contributed by atoms with van der Waals surface area (Å²) in [6.45, 7) is 2.02. The van der Waals surface area contributed by atoms with Gasteiger partial charge < -0.3 is 10.6 Å². The molecule has 108 valence electrons. The Bertz CT molecular complexity index is 536. The molecule has 0 bridgehead atoms. The second-order valence-electron chi connectivity index (χ2n) is 5.43. The fourth-order valence-electron chi connectivity index (χ4n) is 2.77. The van der Waals surface area contributed by atoms with Crippen molar-refractivity contribution in [1.82, 2.24) is 5.32 Å². The molecule has 0 unspecified atom stereocenters. The van der Waals surface area contributed by atoms with Crippen LogP contribution >= 0.6 is 0 Å². The minimum absolute atomic E-state index is 0.0864. The van der Waals surface area contributed by atoms with E-state index in [4.69, 9.17) is 0 Å². The first-order valence-electron chi connectivity index (χ1n) is 6.74. The summed E-state index contributed by atoms with van der Waals surface area (Å²) >= 11 is 0. The van der Waals surface area contributed by atoms with Crippen LogP contribution in [0.5, 0.6) is 0 Å². The molecule has 1 aromatic carbocycles. The molecule has 0 heterocycles. The molecule has 1 aromatic rings. The average molecular weight is 277 g/mol. The highest BCUT2D eigenvalue weighted by Gasteiger charge is 2.31. The predicted molar refractivity (Wildman–Crippen MR) is 77.0 cm³/mol. The van der Waals surface area contributed by atoms with Crippen LogP contribution in [0.2, 0.25) is 0 Å². The van der Waals surface area contributed by atoms with Crippen molar-refractivity contribution in [3.63, 3.8) is 0 Å². The highest BCUT2D eigenvalue weighted by molar-refractivity contribution is 6.02. The minimum Gasteiger partial charge on any atom is -0.382 e. The number of benzene rings is 1. The summed E-state index contributed by atoms with van der Waals surface area (Å²) in [6.07, 6.45) is 4.10. The maximum atomic E-state index is 12.4. The molecule has 1 saturated carbocycles. The number of amides is 1. The fraction of sp³-hybridized carbons (Fsp3) is 0.500. The van der Waals surface area contributed by atoms with Gasteiger partial charge in [0.2, 0.25) is 0 Å². The van der Waals surface area contributed by atoms with E-state index in [0.717, 1.165) is 25.7 Å². The van der Waals surface area contributed by atoms with Crippen LogP contribution < -0.4 is 10.6 Å². The molecule has 1 aliphatic carbocycles. The van der Waals surface area contributed by atoms with Crippen LogP contribution in [-0.4, -0.2) is 23.4 Å². The van der Waals surface area contributed by atoms with E-state index in [0.29, 0.717) is 5.56 Å². The molecule has 0 spiro atoms. The van der Waals surface area contributed by atoms with E-state index >= 15 is 0 Å². The van der Waals surface area contributed by atoms with Crippen molar-refractivity contribution in [3.8, 4) is 0 Å². The molecule has 1 aliphatic rings. The molecular formula is C14H19N3O3. The molecule has 2 rings (SSSR count). The number of nitrogens with one attached hydrogen (secondary N) is 2. The van der Waals surface area contributed by atoms with Crippen LogP contribution in [0.15, 0.2) is 18.2 Å². The predicted octanol–water partition coefficient (Wildman–Crippen LogP) is 2.70. The maximum Gasteiger partial charge on any atom is 0.293 e. The number of rotatable bonds is 4. The highest BCUT2D eigenvalue weighted by atomic mass is 16.6. The van der Waals surface area contributed by atoms with Crippen molar-refractivity contribution >= 4 is 17.3 Å². The molecule has 6 heteroatoms. The third-order valence-electron chi connectivity index (χ3n) is 3.86. The monoisotopic (exact) mass is 277 g/mol. The van der Waals surface area contributed by atoms with E-state index in [2.05, 4.69) is 10.6 Å². The summed E-state index contributed by atoms with van der Waals surface area (Å²) in [5.74, 6) is -0.262. The molecule has 1 fully saturated rings. The molecule has 0 aromatic heterocycles. The number of nitro groups is 1. The number of carbonyl (C=O) groups excluding carboxylic acids is 1. The maximum absolute atomic E-state index is 12.4. The zero-order valence-corrected chi connectivity index (χ0v) is 11.7. The summed E-state index contributed by atoms with van der Waals surface area (Å²) in [6, 6.07) is 4.53. The Morgan fingerprint density at radius 2 is 2.00 bits per heavy atom. The van der Waals surface area contributed by atoms with Gasteiger partial charge in [0.1, 0.15) is 5.69 Å². The molecule has 0 saturated heterocycles. The van der Waals surface area contributed by atoms with Crippen molar-refractivity contribution in [2.45, 2.75) is 38.1 Å². The van der Waals surface area contributed by atoms with E-state index in [-0.39, 0.29) is 22.8 Å². The van der Waals surface area contributed by atoms with E-state index in [1.165, 1.54) is 12.1 Å². The van der Waals surface area contributed by atoms with Gasteiger partial charge in [-0.25, -0.2) is 0 Å². The second kappa shape index (κ2) is 5.48. The molecule has 2 N–H and O–H groups in total. The summed E-state index contributed by atoms with van der Waals surface area (Å²) in [7, 11) is 1.58. The van der Waals surface area contributed by atoms with Crippen LogP contribution in [0, 0.1) is 10.1 Å². The lowest BCUT2D eigenvalue weighted by molar-refractivity contribution is -0.384. The molecule has 0 atom stereocenters.